The van der Waals surface area contributed by atoms with Gasteiger partial charge in [0.2, 0.25) is 0 Å². The van der Waals surface area contributed by atoms with Crippen molar-refractivity contribution in [3.63, 3.8) is 0 Å². The van der Waals surface area contributed by atoms with Gasteiger partial charge in [0, 0.05) is 16.7 Å². The van der Waals surface area contributed by atoms with Crippen molar-refractivity contribution in [1.82, 2.24) is 0 Å². The second-order valence-electron chi connectivity index (χ2n) is 15.0. The Kier molecular flexibility index (Phi) is 8.06. The molecule has 0 amide bonds. The number of hydrogen-bond donors (Lipinski definition) is 0. The van der Waals surface area contributed by atoms with E-state index in [-0.39, 0.29) is 22.7 Å². The number of rotatable bonds is 5. The molecule has 0 radical (unpaired) electrons. The minimum Gasteiger partial charge on any atom is -0.500 e. The summed E-state index contributed by atoms with van der Waals surface area (Å²) in [4.78, 5) is 0. The Balaban J connectivity index is 1.63. The average molecular weight is 597 g/mol. The molecule has 3 atom stereocenters. The molecule has 0 N–H and O–H groups in total. The lowest BCUT2D eigenvalue weighted by atomic mass is 9.67. The lowest BCUT2D eigenvalue weighted by molar-refractivity contribution is 0.237. The monoisotopic (exact) mass is 596 g/mol. The van der Waals surface area contributed by atoms with Crippen molar-refractivity contribution in [1.29, 1.82) is 0 Å². The van der Waals surface area contributed by atoms with E-state index in [1.165, 1.54) is 38.6 Å². The fourth-order valence-electron chi connectivity index (χ4n) is 7.28. The zero-order valence-electron chi connectivity index (χ0n) is 28.5. The largest absolute Gasteiger partial charge is 0.500 e. The van der Waals surface area contributed by atoms with Crippen LogP contribution >= 0.6 is 0 Å². The highest BCUT2D eigenvalue weighted by Crippen LogP contribution is 2.54. The van der Waals surface area contributed by atoms with Gasteiger partial charge in [-0.1, -0.05) is 133 Å². The predicted octanol–water partition coefficient (Wildman–Crippen LogP) is 11.4. The highest BCUT2D eigenvalue weighted by atomic mass is 16.5. The molecule has 4 aromatic rings. The van der Waals surface area contributed by atoms with E-state index in [1.807, 2.05) is 14.2 Å². The summed E-state index contributed by atoms with van der Waals surface area (Å²) >= 11 is 0. The normalized spacial score (nSPS) is 20.2. The molecule has 0 bridgehead atoms. The molecule has 232 valence electrons. The molecule has 6 rings (SSSR count). The minimum atomic E-state index is -0.00617. The van der Waals surface area contributed by atoms with E-state index in [1.54, 1.807) is 0 Å². The van der Waals surface area contributed by atoms with Gasteiger partial charge in [-0.3, -0.25) is 0 Å². The first-order chi connectivity index (χ1) is 21.4. The highest BCUT2D eigenvalue weighted by Gasteiger charge is 2.40. The number of ether oxygens (including phenoxy) is 2. The number of allylic oxidation sites excluding steroid dienone is 6. The van der Waals surface area contributed by atoms with Crippen LogP contribution in [0.4, 0.5) is 0 Å². The third-order valence-electron chi connectivity index (χ3n) is 9.83. The van der Waals surface area contributed by atoms with Gasteiger partial charge in [-0.2, -0.15) is 0 Å². The van der Waals surface area contributed by atoms with Crippen molar-refractivity contribution in [2.24, 2.45) is 11.8 Å². The van der Waals surface area contributed by atoms with Crippen molar-refractivity contribution in [2.45, 2.75) is 71.6 Å². The minimum absolute atomic E-state index is 0.00617. The van der Waals surface area contributed by atoms with E-state index in [0.717, 1.165) is 34.6 Å². The number of methoxy groups -OCH3 is 2. The van der Waals surface area contributed by atoms with E-state index in [2.05, 4.69) is 146 Å². The van der Waals surface area contributed by atoms with Crippen LogP contribution < -0.4 is 4.74 Å². The van der Waals surface area contributed by atoms with Crippen LogP contribution in [0.1, 0.15) is 83.1 Å². The number of hydrogen-bond acceptors (Lipinski definition) is 2. The number of fused-ring (bicyclic) bond motifs is 2. The summed E-state index contributed by atoms with van der Waals surface area (Å²) in [7, 11) is 3.67. The summed E-state index contributed by atoms with van der Waals surface area (Å²) in [5.41, 5.74) is 10.0. The first-order valence-electron chi connectivity index (χ1n) is 16.4. The van der Waals surface area contributed by atoms with Crippen LogP contribution in [0.5, 0.6) is 5.75 Å². The smallest absolute Gasteiger partial charge is 0.131 e. The van der Waals surface area contributed by atoms with Gasteiger partial charge in [-0.15, -0.1) is 0 Å². The van der Waals surface area contributed by atoms with Gasteiger partial charge in [0.05, 0.1) is 20.1 Å². The molecular weight excluding hydrogens is 548 g/mol. The summed E-state index contributed by atoms with van der Waals surface area (Å²) in [6, 6.07) is 29.2. The summed E-state index contributed by atoms with van der Waals surface area (Å²) in [6.45, 7) is 15.9. The Morgan fingerprint density at radius 1 is 0.711 bits per heavy atom. The molecule has 45 heavy (non-hydrogen) atoms. The summed E-state index contributed by atoms with van der Waals surface area (Å²) in [6.07, 6.45) is 8.14. The topological polar surface area (TPSA) is 18.5 Å². The fourth-order valence-corrected chi connectivity index (χ4v) is 7.28. The molecular formula is C43H48O2. The Hall–Kier alpha value is -4.04. The Bertz CT molecular complexity index is 1800. The van der Waals surface area contributed by atoms with Gasteiger partial charge in [-0.05, 0) is 79.8 Å². The van der Waals surface area contributed by atoms with E-state index in [4.69, 9.17) is 9.47 Å². The van der Waals surface area contributed by atoms with Crippen LogP contribution in [0, 0.1) is 11.8 Å². The third kappa shape index (κ3) is 5.76. The molecule has 2 heteroatoms. The van der Waals surface area contributed by atoms with Crippen LogP contribution in [0.25, 0.3) is 27.5 Å². The van der Waals surface area contributed by atoms with Crippen LogP contribution in [0.3, 0.4) is 0 Å². The molecule has 0 heterocycles. The summed E-state index contributed by atoms with van der Waals surface area (Å²) < 4.78 is 13.0. The van der Waals surface area contributed by atoms with E-state index >= 15 is 0 Å². The molecule has 2 nitrogen and oxygen atoms in total. The lowest BCUT2D eigenvalue weighted by Gasteiger charge is -2.39. The molecule has 0 aliphatic heterocycles. The second-order valence-corrected chi connectivity index (χ2v) is 15.0. The fraction of sp³-hybridized carbons (Fsp3) is 0.349. The molecule has 4 aromatic carbocycles. The molecule has 0 saturated heterocycles. The Morgan fingerprint density at radius 3 is 1.89 bits per heavy atom. The summed E-state index contributed by atoms with van der Waals surface area (Å²) in [5.74, 6) is 2.69. The predicted molar refractivity (Wildman–Crippen MR) is 191 cm³/mol. The third-order valence-corrected chi connectivity index (χ3v) is 9.83. The van der Waals surface area contributed by atoms with Gasteiger partial charge < -0.3 is 9.47 Å². The zero-order chi connectivity index (χ0) is 32.1. The standard InChI is InChI=1S/C43H48O2/c1-27-14-15-31-26-37(29-18-22-33(23-19-29)43(5,6)7)41(45-9)39(35(31)24-27)38-34-13-11-10-12-30(34)25-36(40(38)44-8)28-16-20-32(21-17-28)42(2,3)4/h10-23,25-27,35,39H,24H2,1-9H3/t27?,35?,39-/m0/s1. The van der Waals surface area contributed by atoms with Crippen LogP contribution in [-0.4, -0.2) is 14.2 Å². The SMILES string of the molecule is COC1=C(c2ccc(C(C)(C)C)cc2)C=C2C=CC(C)CC2[C@H]1c1c(OC)c(-c2ccc(C(C)(C)C)cc2)cc2ccccc12. The molecule has 2 aliphatic rings. The summed E-state index contributed by atoms with van der Waals surface area (Å²) in [5, 5.41) is 2.43. The van der Waals surface area contributed by atoms with E-state index in [9.17, 15) is 0 Å². The molecule has 0 aromatic heterocycles. The van der Waals surface area contributed by atoms with Gasteiger partial charge in [0.1, 0.15) is 11.5 Å². The zero-order valence-corrected chi connectivity index (χ0v) is 28.5. The first-order valence-corrected chi connectivity index (χ1v) is 16.4. The molecule has 2 aliphatic carbocycles. The molecule has 0 fully saturated rings. The van der Waals surface area contributed by atoms with Gasteiger partial charge in [0.25, 0.3) is 0 Å². The first kappa shape index (κ1) is 31.0. The van der Waals surface area contributed by atoms with Gasteiger partial charge in [-0.25, -0.2) is 0 Å². The van der Waals surface area contributed by atoms with Crippen molar-refractivity contribution in [3.8, 4) is 16.9 Å². The van der Waals surface area contributed by atoms with Crippen LogP contribution in [0.15, 0.2) is 108 Å². The van der Waals surface area contributed by atoms with Crippen molar-refractivity contribution >= 4 is 16.3 Å². The molecule has 2 unspecified atom stereocenters. The van der Waals surface area contributed by atoms with Crippen molar-refractivity contribution in [3.05, 3.63) is 131 Å². The Labute approximate surface area is 270 Å². The second kappa shape index (κ2) is 11.7. The Morgan fingerprint density at radius 2 is 1.31 bits per heavy atom. The quantitative estimate of drug-likeness (QED) is 0.228. The van der Waals surface area contributed by atoms with Crippen LogP contribution in [-0.2, 0) is 15.6 Å². The maximum atomic E-state index is 6.51. The van der Waals surface area contributed by atoms with Crippen molar-refractivity contribution in [2.75, 3.05) is 14.2 Å². The maximum Gasteiger partial charge on any atom is 0.131 e. The van der Waals surface area contributed by atoms with Crippen molar-refractivity contribution < 1.29 is 9.47 Å². The van der Waals surface area contributed by atoms with Gasteiger partial charge >= 0.3 is 0 Å². The van der Waals surface area contributed by atoms with Crippen LogP contribution in [0.2, 0.25) is 0 Å². The number of benzene rings is 4. The molecule has 0 spiro atoms. The highest BCUT2D eigenvalue weighted by molar-refractivity contribution is 5.96. The average Bonchev–Trinajstić information content (AvgIpc) is 3.02. The van der Waals surface area contributed by atoms with E-state index < -0.39 is 0 Å². The lowest BCUT2D eigenvalue weighted by Crippen LogP contribution is -2.26. The maximum absolute atomic E-state index is 6.51. The van der Waals surface area contributed by atoms with E-state index in [0.29, 0.717) is 5.92 Å². The van der Waals surface area contributed by atoms with Gasteiger partial charge in [0.15, 0.2) is 0 Å². The molecule has 0 saturated carbocycles.